The van der Waals surface area contributed by atoms with Crippen LogP contribution in [0.25, 0.3) is 0 Å². The summed E-state index contributed by atoms with van der Waals surface area (Å²) in [6, 6.07) is 0. The van der Waals surface area contributed by atoms with E-state index in [1.807, 2.05) is 0 Å². The average Bonchev–Trinajstić information content (AvgIpc) is 2.61. The highest BCUT2D eigenvalue weighted by atomic mass is 16.5. The summed E-state index contributed by atoms with van der Waals surface area (Å²) in [5.41, 5.74) is 2.16. The second-order valence-electron chi connectivity index (χ2n) is 3.84. The third kappa shape index (κ3) is 0.950. The van der Waals surface area contributed by atoms with Gasteiger partial charge < -0.3 is 10.5 Å². The molecule has 3 aliphatic heterocycles. The number of hydrogen-bond acceptors (Lipinski definition) is 4. The Morgan fingerprint density at radius 1 is 1.50 bits per heavy atom. The lowest BCUT2D eigenvalue weighted by atomic mass is 9.89. The highest BCUT2D eigenvalue weighted by molar-refractivity contribution is 6.15. The van der Waals surface area contributed by atoms with Crippen LogP contribution in [0, 0.1) is 11.1 Å². The summed E-state index contributed by atoms with van der Waals surface area (Å²) in [7, 11) is 0. The number of rotatable bonds is 0. The topological polar surface area (TPSA) is 62.5 Å². The van der Waals surface area contributed by atoms with Gasteiger partial charge in [-0.05, 0) is 12.8 Å². The number of fused-ring (bicyclic) bond motifs is 2. The van der Waals surface area contributed by atoms with Crippen molar-refractivity contribution >= 4 is 12.1 Å². The Morgan fingerprint density at radius 3 is 3.36 bits per heavy atom. The first-order chi connectivity index (χ1) is 6.86. The van der Waals surface area contributed by atoms with Crippen LogP contribution in [0.15, 0.2) is 16.4 Å². The van der Waals surface area contributed by atoms with Crippen LogP contribution in [0.1, 0.15) is 12.8 Å². The fraction of sp³-hybridized carbons (Fsp3) is 0.556. The normalized spacial score (nSPS) is 29.6. The van der Waals surface area contributed by atoms with Gasteiger partial charge in [0.2, 0.25) is 0 Å². The van der Waals surface area contributed by atoms with Crippen LogP contribution in [0.2, 0.25) is 0 Å². The lowest BCUT2D eigenvalue weighted by Crippen LogP contribution is -2.45. The first-order valence-corrected chi connectivity index (χ1v) is 4.97. The molecular weight excluding hydrogens is 180 g/mol. The fourth-order valence-electron chi connectivity index (χ4n) is 2.29. The molecule has 0 saturated carbocycles. The molecule has 0 aromatic carbocycles. The van der Waals surface area contributed by atoms with Crippen LogP contribution in [-0.2, 0) is 0 Å². The van der Waals surface area contributed by atoms with Crippen LogP contribution >= 0.6 is 0 Å². The van der Waals surface area contributed by atoms with Crippen molar-refractivity contribution in [1.82, 2.24) is 10.6 Å². The Bertz CT molecular complexity index is 369. The van der Waals surface area contributed by atoms with E-state index >= 15 is 0 Å². The SMILES string of the molecule is [O-][N+]1=C2NCC3CCCNC3=C2C=N1. The molecule has 0 bridgehead atoms. The summed E-state index contributed by atoms with van der Waals surface area (Å²) in [6.45, 7) is 1.86. The zero-order chi connectivity index (χ0) is 9.54. The Hall–Kier alpha value is -1.52. The number of nitrogens with zero attached hydrogens (tertiary/aromatic N) is 2. The number of hydrogen-bond donors (Lipinski definition) is 2. The van der Waals surface area contributed by atoms with Crippen molar-refractivity contribution in [2.24, 2.45) is 11.0 Å². The van der Waals surface area contributed by atoms with Gasteiger partial charge in [-0.2, -0.15) is 0 Å². The van der Waals surface area contributed by atoms with E-state index in [1.165, 1.54) is 18.5 Å². The van der Waals surface area contributed by atoms with Crippen LogP contribution in [-0.4, -0.2) is 30.0 Å². The van der Waals surface area contributed by atoms with E-state index in [0.29, 0.717) is 16.6 Å². The van der Waals surface area contributed by atoms with Gasteiger partial charge in [0.25, 0.3) is 0 Å². The summed E-state index contributed by atoms with van der Waals surface area (Å²) >= 11 is 0. The number of nitrogens with one attached hydrogen (secondary N) is 2. The number of hydrazone groups is 1. The van der Waals surface area contributed by atoms with Crippen molar-refractivity contribution in [3.05, 3.63) is 16.5 Å². The largest absolute Gasteiger partial charge is 0.691 e. The minimum Gasteiger partial charge on any atom is -0.691 e. The quantitative estimate of drug-likeness (QED) is 0.411. The molecular formula is C9H12N4O. The molecule has 1 atom stereocenters. The highest BCUT2D eigenvalue weighted by Gasteiger charge is 2.35. The van der Waals surface area contributed by atoms with Crippen molar-refractivity contribution in [1.29, 1.82) is 0 Å². The van der Waals surface area contributed by atoms with E-state index in [1.54, 1.807) is 6.21 Å². The van der Waals surface area contributed by atoms with Gasteiger partial charge in [-0.15, -0.1) is 4.85 Å². The van der Waals surface area contributed by atoms with Gasteiger partial charge in [0.05, 0.1) is 12.8 Å². The van der Waals surface area contributed by atoms with Crippen LogP contribution in [0.3, 0.4) is 0 Å². The third-order valence-electron chi connectivity index (χ3n) is 3.00. The van der Waals surface area contributed by atoms with E-state index in [2.05, 4.69) is 15.7 Å². The maximum atomic E-state index is 11.2. The van der Waals surface area contributed by atoms with Gasteiger partial charge in [0.1, 0.15) is 5.57 Å². The zero-order valence-corrected chi connectivity index (χ0v) is 7.79. The first kappa shape index (κ1) is 7.84. The van der Waals surface area contributed by atoms with Gasteiger partial charge in [0, 0.05) is 18.2 Å². The third-order valence-corrected chi connectivity index (χ3v) is 3.00. The van der Waals surface area contributed by atoms with Gasteiger partial charge >= 0.3 is 5.84 Å². The molecule has 3 heterocycles. The maximum Gasteiger partial charge on any atom is 0.309 e. The molecule has 14 heavy (non-hydrogen) atoms. The molecule has 5 heteroatoms. The first-order valence-electron chi connectivity index (χ1n) is 4.97. The van der Waals surface area contributed by atoms with E-state index in [9.17, 15) is 5.21 Å². The molecule has 1 saturated heterocycles. The van der Waals surface area contributed by atoms with Crippen molar-refractivity contribution in [2.75, 3.05) is 13.1 Å². The second-order valence-corrected chi connectivity index (χ2v) is 3.84. The Balaban J connectivity index is 2.07. The summed E-state index contributed by atoms with van der Waals surface area (Å²) in [5, 5.41) is 21.5. The van der Waals surface area contributed by atoms with Gasteiger partial charge in [-0.1, -0.05) is 5.10 Å². The summed E-state index contributed by atoms with van der Waals surface area (Å²) in [6.07, 6.45) is 4.05. The molecule has 3 aliphatic rings. The van der Waals surface area contributed by atoms with Crippen LogP contribution in [0.5, 0.6) is 0 Å². The smallest absolute Gasteiger partial charge is 0.309 e. The fourth-order valence-corrected chi connectivity index (χ4v) is 2.29. The molecule has 0 spiro atoms. The molecule has 0 aromatic rings. The van der Waals surface area contributed by atoms with Crippen molar-refractivity contribution < 1.29 is 4.85 Å². The molecule has 0 aliphatic carbocycles. The van der Waals surface area contributed by atoms with Crippen molar-refractivity contribution in [2.45, 2.75) is 12.8 Å². The van der Waals surface area contributed by atoms with Gasteiger partial charge in [0.15, 0.2) is 0 Å². The maximum absolute atomic E-state index is 11.2. The molecule has 5 nitrogen and oxygen atoms in total. The predicted molar refractivity (Wildman–Crippen MR) is 52.9 cm³/mol. The standard InChI is InChI=1S/C9H12N4O/c14-13-9-7(5-12-13)8-6(4-11-9)2-1-3-10-8/h5-6,10-11H,1-4H2. The molecule has 2 N–H and O–H groups in total. The van der Waals surface area contributed by atoms with E-state index in [0.717, 1.165) is 18.7 Å². The minimum atomic E-state index is 0.528. The minimum absolute atomic E-state index is 0.528. The zero-order valence-electron chi connectivity index (χ0n) is 7.79. The molecule has 1 unspecified atom stereocenters. The lowest BCUT2D eigenvalue weighted by Gasteiger charge is -2.29. The highest BCUT2D eigenvalue weighted by Crippen LogP contribution is 2.26. The van der Waals surface area contributed by atoms with Crippen molar-refractivity contribution in [3.63, 3.8) is 0 Å². The Kier molecular flexibility index (Phi) is 1.53. The predicted octanol–water partition coefficient (Wildman–Crippen LogP) is -0.249. The summed E-state index contributed by atoms with van der Waals surface area (Å²) < 4.78 is 0. The summed E-state index contributed by atoms with van der Waals surface area (Å²) in [4.78, 5) is 0.662. The van der Waals surface area contributed by atoms with E-state index in [4.69, 9.17) is 0 Å². The lowest BCUT2D eigenvalue weighted by molar-refractivity contribution is -0.460. The average molecular weight is 192 g/mol. The molecule has 0 aromatic heterocycles. The molecule has 74 valence electrons. The van der Waals surface area contributed by atoms with E-state index in [-0.39, 0.29) is 0 Å². The second kappa shape index (κ2) is 2.73. The molecule has 3 rings (SSSR count). The van der Waals surface area contributed by atoms with Crippen molar-refractivity contribution in [3.8, 4) is 0 Å². The molecule has 0 radical (unpaired) electrons. The molecule has 0 amide bonds. The summed E-state index contributed by atoms with van der Waals surface area (Å²) in [5.74, 6) is 1.13. The number of amidine groups is 1. The Labute approximate surface area is 81.8 Å². The monoisotopic (exact) mass is 192 g/mol. The molecule has 1 fully saturated rings. The van der Waals surface area contributed by atoms with Gasteiger partial charge in [-0.25, -0.2) is 0 Å². The van der Waals surface area contributed by atoms with Crippen LogP contribution < -0.4 is 10.6 Å². The van der Waals surface area contributed by atoms with Crippen LogP contribution in [0.4, 0.5) is 0 Å². The number of piperidine rings is 1. The Morgan fingerprint density at radius 2 is 2.43 bits per heavy atom. The van der Waals surface area contributed by atoms with E-state index < -0.39 is 0 Å². The van der Waals surface area contributed by atoms with Gasteiger partial charge in [-0.3, -0.25) is 5.32 Å².